The highest BCUT2D eigenvalue weighted by Gasteiger charge is 2.55. The molecule has 13 rings (SSSR count). The second-order valence-corrected chi connectivity index (χ2v) is 35.5. The van der Waals surface area contributed by atoms with Crippen molar-refractivity contribution < 1.29 is 4.74 Å². The number of nitrogens with zero attached hydrogens (tertiary/aromatic N) is 4. The molecule has 0 saturated carbocycles. The van der Waals surface area contributed by atoms with Gasteiger partial charge in [-0.25, -0.2) is 4.98 Å². The molecule has 0 bridgehead atoms. The molecular weight excluding hydrogens is 1110 g/mol. The van der Waals surface area contributed by atoms with Crippen LogP contribution in [0.25, 0.3) is 33.4 Å². The number of hydrogen-bond donors (Lipinski definition) is 0. The van der Waals surface area contributed by atoms with Crippen LogP contribution in [0.5, 0.6) is 11.5 Å². The average molecular weight is 1200 g/mol. The highest BCUT2D eigenvalue weighted by molar-refractivity contribution is 7.23. The van der Waals surface area contributed by atoms with E-state index in [9.17, 15) is 0 Å². The molecule has 456 valence electrons. The summed E-state index contributed by atoms with van der Waals surface area (Å²) in [6.45, 7) is 42.4. The van der Waals surface area contributed by atoms with Crippen molar-refractivity contribution in [2.45, 2.75) is 157 Å². The molecule has 3 aliphatic rings. The van der Waals surface area contributed by atoms with Gasteiger partial charge in [0, 0.05) is 40.8 Å². The van der Waals surface area contributed by atoms with Crippen LogP contribution in [0, 0.1) is 0 Å². The van der Waals surface area contributed by atoms with Crippen molar-refractivity contribution in [2.24, 2.45) is 0 Å². The van der Waals surface area contributed by atoms with Gasteiger partial charge in [0.05, 0.1) is 22.7 Å². The summed E-state index contributed by atoms with van der Waals surface area (Å²) in [6.07, 6.45) is 1.99. The third-order valence-electron chi connectivity index (χ3n) is 19.3. The smallest absolute Gasteiger partial charge is 0.185 e. The molecule has 0 unspecified atom stereocenters. The molecule has 0 fully saturated rings. The largest absolute Gasteiger partial charge is 0.457 e. The van der Waals surface area contributed by atoms with Crippen LogP contribution < -0.4 is 40.2 Å². The number of para-hydroxylation sites is 4. The number of pyridine rings is 1. The summed E-state index contributed by atoms with van der Waals surface area (Å²) in [4.78, 5) is 12.7. The lowest BCUT2D eigenvalue weighted by atomic mass is 9.78. The Hall–Kier alpha value is -8.45. The Morgan fingerprint density at radius 3 is 1.42 bits per heavy atom. The maximum absolute atomic E-state index is 7.31. The zero-order valence-electron chi connectivity index (χ0n) is 56.5. The minimum atomic E-state index is -3.08. The fourth-order valence-electron chi connectivity index (χ4n) is 14.0. The molecule has 0 saturated heterocycles. The number of anilines is 7. The molecular formula is C84H90N4OSi. The predicted octanol–water partition coefficient (Wildman–Crippen LogP) is 20.4. The second kappa shape index (κ2) is 21.3. The van der Waals surface area contributed by atoms with E-state index >= 15 is 0 Å². The Balaban J connectivity index is 0.963. The summed E-state index contributed by atoms with van der Waals surface area (Å²) in [6, 6.07) is 76.6. The van der Waals surface area contributed by atoms with E-state index in [1.165, 1.54) is 93.2 Å². The topological polar surface area (TPSA) is 31.8 Å². The molecule has 0 aliphatic carbocycles. The van der Waals surface area contributed by atoms with Gasteiger partial charge in [0.15, 0.2) is 8.07 Å². The van der Waals surface area contributed by atoms with Crippen LogP contribution in [0.3, 0.4) is 0 Å². The van der Waals surface area contributed by atoms with Crippen molar-refractivity contribution in [2.75, 3.05) is 21.4 Å². The summed E-state index contributed by atoms with van der Waals surface area (Å²) in [5.74, 6) is 2.43. The summed E-state index contributed by atoms with van der Waals surface area (Å²) in [7, 11) is -3.08. The number of aromatic nitrogens is 1. The van der Waals surface area contributed by atoms with Gasteiger partial charge < -0.3 is 14.5 Å². The van der Waals surface area contributed by atoms with E-state index in [0.717, 1.165) is 45.8 Å². The SMILES string of the molecule is CC(C)(C)c1cccc(-c2cccc(-c3cc(C(C)(C)C)cc(C(C)(C)C)c3)c2N2CN(c3cccc(Oc4ccc5c(c4)N(c4cc(C(C)(C)C)ccn4)c4ccccc4[Si]54c5cc(C(C)(C)C)ccc5-c5ccc(C(C)(C)C)cc54)c3)c3ccccc32)c1. The van der Waals surface area contributed by atoms with Crippen LogP contribution >= 0.6 is 0 Å². The van der Waals surface area contributed by atoms with E-state index in [4.69, 9.17) is 9.72 Å². The molecule has 9 aromatic carbocycles. The quantitative estimate of drug-likeness (QED) is 0.149. The van der Waals surface area contributed by atoms with Gasteiger partial charge in [0.1, 0.15) is 24.0 Å². The molecule has 6 heteroatoms. The molecule has 0 N–H and O–H groups in total. The average Bonchev–Trinajstić information content (AvgIpc) is 1.43. The minimum absolute atomic E-state index is 0.0228. The Morgan fingerprint density at radius 1 is 0.333 bits per heavy atom. The molecule has 10 aromatic rings. The lowest BCUT2D eigenvalue weighted by Crippen LogP contribution is -2.75. The Morgan fingerprint density at radius 2 is 0.822 bits per heavy atom. The minimum Gasteiger partial charge on any atom is -0.457 e. The molecule has 1 spiro atoms. The van der Waals surface area contributed by atoms with Gasteiger partial charge in [-0.15, -0.1) is 0 Å². The lowest BCUT2D eigenvalue weighted by Gasteiger charge is -2.44. The van der Waals surface area contributed by atoms with E-state index in [0.29, 0.717) is 6.67 Å². The fraction of sp³-hybridized carbons (Fsp3) is 0.298. The zero-order chi connectivity index (χ0) is 63.8. The maximum Gasteiger partial charge on any atom is 0.185 e. The van der Waals surface area contributed by atoms with E-state index < -0.39 is 8.07 Å². The molecule has 5 nitrogen and oxygen atoms in total. The van der Waals surface area contributed by atoms with Gasteiger partial charge in [-0.2, -0.15) is 0 Å². The molecule has 0 amide bonds. The molecule has 0 radical (unpaired) electrons. The summed E-state index contributed by atoms with van der Waals surface area (Å²) >= 11 is 0. The monoisotopic (exact) mass is 1200 g/mol. The number of benzene rings is 9. The predicted molar refractivity (Wildman–Crippen MR) is 387 cm³/mol. The first-order chi connectivity index (χ1) is 42.4. The number of rotatable bonds is 7. The van der Waals surface area contributed by atoms with E-state index in [2.05, 4.69) is 340 Å². The highest BCUT2D eigenvalue weighted by atomic mass is 28.3. The Labute approximate surface area is 538 Å². The molecule has 3 aliphatic heterocycles. The van der Waals surface area contributed by atoms with Gasteiger partial charge in [-0.1, -0.05) is 264 Å². The van der Waals surface area contributed by atoms with Crippen molar-refractivity contribution in [3.05, 3.63) is 240 Å². The molecule has 0 atom stereocenters. The second-order valence-electron chi connectivity index (χ2n) is 31.9. The first-order valence-electron chi connectivity index (χ1n) is 32.5. The summed E-state index contributed by atoms with van der Waals surface area (Å²) < 4.78 is 7.31. The normalized spacial score (nSPS) is 14.5. The van der Waals surface area contributed by atoms with E-state index in [1.807, 2.05) is 6.20 Å². The van der Waals surface area contributed by atoms with Crippen LogP contribution in [0.15, 0.2) is 206 Å². The third-order valence-corrected chi connectivity index (χ3v) is 24.2. The van der Waals surface area contributed by atoms with Crippen molar-refractivity contribution in [3.63, 3.8) is 0 Å². The van der Waals surface area contributed by atoms with Gasteiger partial charge in [0.2, 0.25) is 0 Å². The van der Waals surface area contributed by atoms with Crippen LogP contribution in [0.1, 0.15) is 158 Å². The zero-order valence-corrected chi connectivity index (χ0v) is 57.5. The Kier molecular flexibility index (Phi) is 14.3. The first-order valence-corrected chi connectivity index (χ1v) is 34.5. The van der Waals surface area contributed by atoms with Crippen molar-refractivity contribution in [3.8, 4) is 44.9 Å². The number of fused-ring (bicyclic) bond motifs is 10. The first kappa shape index (κ1) is 60.5. The number of ether oxygens (including phenoxy) is 1. The van der Waals surface area contributed by atoms with Crippen LogP contribution in [0.4, 0.5) is 39.9 Å². The molecule has 90 heavy (non-hydrogen) atoms. The summed E-state index contributed by atoms with van der Waals surface area (Å²) in [5, 5.41) is 5.60. The van der Waals surface area contributed by atoms with Crippen LogP contribution in [-0.2, 0) is 32.5 Å². The van der Waals surface area contributed by atoms with Gasteiger partial charge in [0.25, 0.3) is 0 Å². The molecule has 4 heterocycles. The fourth-order valence-corrected chi connectivity index (χ4v) is 19.6. The lowest BCUT2D eigenvalue weighted by molar-refractivity contribution is 0.483. The Bertz CT molecular complexity index is 4370. The van der Waals surface area contributed by atoms with E-state index in [1.54, 1.807) is 0 Å². The molecule has 1 aromatic heterocycles. The maximum atomic E-state index is 7.31. The van der Waals surface area contributed by atoms with E-state index in [-0.39, 0.29) is 32.5 Å². The highest BCUT2D eigenvalue weighted by Crippen LogP contribution is 2.52. The van der Waals surface area contributed by atoms with Crippen LogP contribution in [0.2, 0.25) is 0 Å². The third kappa shape index (κ3) is 10.5. The van der Waals surface area contributed by atoms with Gasteiger partial charge >= 0.3 is 0 Å². The van der Waals surface area contributed by atoms with Crippen LogP contribution in [-0.4, -0.2) is 19.7 Å². The summed E-state index contributed by atoms with van der Waals surface area (Å²) in [5.41, 5.74) is 21.9. The number of hydrogen-bond acceptors (Lipinski definition) is 5. The van der Waals surface area contributed by atoms with Crippen molar-refractivity contribution in [1.29, 1.82) is 0 Å². The van der Waals surface area contributed by atoms with Crippen molar-refractivity contribution in [1.82, 2.24) is 4.98 Å². The van der Waals surface area contributed by atoms with Gasteiger partial charge in [-0.3, -0.25) is 4.90 Å². The van der Waals surface area contributed by atoms with Crippen molar-refractivity contribution >= 4 is 68.8 Å². The van der Waals surface area contributed by atoms with Gasteiger partial charge in [-0.05, 0) is 157 Å². The standard InChI is InChI=1S/C84H90N4OSi/c1-79(2,3)56-27-23-26-54(44-56)65-30-25-31-66(55-45-60(83(13,14)15)47-61(46-55)84(16,17)18)78(65)87-53-86(69-32-19-20-33-70(69)87)62-28-24-29-63(51-62)89-64-38-41-74-72(52-64)88(77-50-59(42-43-85-77)82(10,11)12)71-34-21-22-35-73(71)90(74)75-48-57(80(4,5)6)36-39-67(75)68-40-37-58(49-76(68)90)81(7,8)9/h19-52H,53H2,1-18H3.